The molecule has 2 aromatic carbocycles. The molecule has 5 heteroatoms. The molecule has 5 nitrogen and oxygen atoms in total. The molecule has 2 aromatic rings. The van der Waals surface area contributed by atoms with Gasteiger partial charge >= 0.3 is 5.97 Å². The van der Waals surface area contributed by atoms with E-state index in [1.807, 2.05) is 37.3 Å². The van der Waals surface area contributed by atoms with Crippen LogP contribution in [-0.4, -0.2) is 39.6 Å². The van der Waals surface area contributed by atoms with Crippen LogP contribution in [0.1, 0.15) is 34.3 Å². The minimum absolute atomic E-state index is 0.0449. The highest BCUT2D eigenvalue weighted by molar-refractivity contribution is 5.97. The molecule has 1 atom stereocenters. The van der Waals surface area contributed by atoms with Gasteiger partial charge in [-0.1, -0.05) is 30.3 Å². The number of hydrogen-bond acceptors (Lipinski definition) is 3. The maximum Gasteiger partial charge on any atom is 0.326 e. The van der Waals surface area contributed by atoms with E-state index in [0.717, 1.165) is 22.3 Å². The normalized spacial score (nSPS) is 16.9. The van der Waals surface area contributed by atoms with Crippen molar-refractivity contribution in [3.63, 3.8) is 0 Å². The molecular weight excluding hydrogens is 318 g/mol. The molecule has 1 aliphatic rings. The Balaban J connectivity index is 1.87. The van der Waals surface area contributed by atoms with Crippen molar-refractivity contribution in [2.24, 2.45) is 0 Å². The van der Waals surface area contributed by atoms with Crippen LogP contribution in [-0.2, 0) is 11.4 Å². The van der Waals surface area contributed by atoms with E-state index < -0.39 is 12.0 Å². The number of rotatable bonds is 4. The zero-order valence-corrected chi connectivity index (χ0v) is 14.1. The Morgan fingerprint density at radius 2 is 1.88 bits per heavy atom. The van der Waals surface area contributed by atoms with E-state index in [2.05, 4.69) is 0 Å². The molecule has 0 spiro atoms. The molecule has 0 radical (unpaired) electrons. The molecule has 0 bridgehead atoms. The summed E-state index contributed by atoms with van der Waals surface area (Å²) in [5.41, 5.74) is 4.22. The van der Waals surface area contributed by atoms with Crippen LogP contribution in [0.3, 0.4) is 0 Å². The predicted molar refractivity (Wildman–Crippen MR) is 94.2 cm³/mol. The number of carboxylic acids is 1. The lowest BCUT2D eigenvalue weighted by molar-refractivity contribution is -0.141. The lowest BCUT2D eigenvalue weighted by Gasteiger charge is -2.21. The molecule has 25 heavy (non-hydrogen) atoms. The SMILES string of the molecule is Cc1cccc(-c2ccc(C(=O)N3CCCC3C(=O)O)cc2)c1CO. The molecule has 130 valence electrons. The third-order valence-corrected chi connectivity index (χ3v) is 4.81. The number of hydrogen-bond donors (Lipinski definition) is 2. The summed E-state index contributed by atoms with van der Waals surface area (Å²) in [6, 6.07) is 12.2. The number of likely N-dealkylation sites (tertiary alicyclic amines) is 1. The minimum atomic E-state index is -0.949. The Labute approximate surface area is 146 Å². The van der Waals surface area contributed by atoms with Gasteiger partial charge in [-0.25, -0.2) is 4.79 Å². The molecule has 0 aliphatic carbocycles. The number of carbonyl (C=O) groups is 2. The Hall–Kier alpha value is -2.66. The van der Waals surface area contributed by atoms with Gasteiger partial charge in [0.2, 0.25) is 0 Å². The van der Waals surface area contributed by atoms with E-state index in [9.17, 15) is 19.8 Å². The van der Waals surface area contributed by atoms with Crippen molar-refractivity contribution in [2.45, 2.75) is 32.4 Å². The van der Waals surface area contributed by atoms with Crippen LogP contribution in [0, 0.1) is 6.92 Å². The number of amides is 1. The monoisotopic (exact) mass is 339 g/mol. The highest BCUT2D eigenvalue weighted by Gasteiger charge is 2.34. The minimum Gasteiger partial charge on any atom is -0.480 e. The fraction of sp³-hybridized carbons (Fsp3) is 0.300. The summed E-state index contributed by atoms with van der Waals surface area (Å²) in [4.78, 5) is 25.3. The Morgan fingerprint density at radius 1 is 1.16 bits per heavy atom. The van der Waals surface area contributed by atoms with E-state index in [1.54, 1.807) is 12.1 Å². The van der Waals surface area contributed by atoms with E-state index in [1.165, 1.54) is 4.90 Å². The second-order valence-corrected chi connectivity index (χ2v) is 6.33. The van der Waals surface area contributed by atoms with E-state index in [4.69, 9.17) is 0 Å². The lowest BCUT2D eigenvalue weighted by atomic mass is 9.95. The van der Waals surface area contributed by atoms with Crippen molar-refractivity contribution in [2.75, 3.05) is 6.54 Å². The number of aliphatic carboxylic acids is 1. The first-order chi connectivity index (χ1) is 12.0. The van der Waals surface area contributed by atoms with Gasteiger partial charge in [0, 0.05) is 12.1 Å². The van der Waals surface area contributed by atoms with E-state index in [-0.39, 0.29) is 12.5 Å². The number of carbonyl (C=O) groups excluding carboxylic acids is 1. The smallest absolute Gasteiger partial charge is 0.326 e. The van der Waals surface area contributed by atoms with Gasteiger partial charge in [0.25, 0.3) is 5.91 Å². The molecular formula is C20H21NO4. The first-order valence-electron chi connectivity index (χ1n) is 8.36. The first-order valence-corrected chi connectivity index (χ1v) is 8.36. The average molecular weight is 339 g/mol. The maximum absolute atomic E-state index is 12.6. The summed E-state index contributed by atoms with van der Waals surface area (Å²) in [5.74, 6) is -1.20. The van der Waals surface area contributed by atoms with Gasteiger partial charge in [0.15, 0.2) is 0 Å². The van der Waals surface area contributed by atoms with Gasteiger partial charge in [-0.2, -0.15) is 0 Å². The third-order valence-electron chi connectivity index (χ3n) is 4.81. The fourth-order valence-electron chi connectivity index (χ4n) is 3.41. The number of benzene rings is 2. The van der Waals surface area contributed by atoms with Crippen molar-refractivity contribution in [1.82, 2.24) is 4.90 Å². The molecule has 1 unspecified atom stereocenters. The number of aliphatic hydroxyl groups is 1. The van der Waals surface area contributed by atoms with Crippen LogP contribution in [0.15, 0.2) is 42.5 Å². The van der Waals surface area contributed by atoms with Gasteiger partial charge in [-0.15, -0.1) is 0 Å². The second-order valence-electron chi connectivity index (χ2n) is 6.33. The first kappa shape index (κ1) is 17.2. The van der Waals surface area contributed by atoms with Crippen molar-refractivity contribution in [3.8, 4) is 11.1 Å². The topological polar surface area (TPSA) is 77.8 Å². The van der Waals surface area contributed by atoms with E-state index >= 15 is 0 Å². The molecule has 0 saturated carbocycles. The Bertz CT molecular complexity index is 798. The van der Waals surface area contributed by atoms with Crippen LogP contribution in [0.2, 0.25) is 0 Å². The summed E-state index contributed by atoms with van der Waals surface area (Å²) in [6.45, 7) is 2.38. The van der Waals surface area contributed by atoms with Gasteiger partial charge in [-0.05, 0) is 54.2 Å². The lowest BCUT2D eigenvalue weighted by Crippen LogP contribution is -2.40. The van der Waals surface area contributed by atoms with Gasteiger partial charge in [0.05, 0.1) is 6.61 Å². The second kappa shape index (κ2) is 7.07. The number of aryl methyl sites for hydroxylation is 1. The van der Waals surface area contributed by atoms with Crippen molar-refractivity contribution in [1.29, 1.82) is 0 Å². The third kappa shape index (κ3) is 3.28. The number of aliphatic hydroxyl groups excluding tert-OH is 1. The average Bonchev–Trinajstić information content (AvgIpc) is 3.11. The summed E-state index contributed by atoms with van der Waals surface area (Å²) >= 11 is 0. The molecule has 1 saturated heterocycles. The maximum atomic E-state index is 12.6. The highest BCUT2D eigenvalue weighted by Crippen LogP contribution is 2.27. The quantitative estimate of drug-likeness (QED) is 0.898. The fourth-order valence-corrected chi connectivity index (χ4v) is 3.41. The van der Waals surface area contributed by atoms with Crippen LogP contribution in [0.4, 0.5) is 0 Å². The Morgan fingerprint density at radius 3 is 2.52 bits per heavy atom. The van der Waals surface area contributed by atoms with Gasteiger partial charge in [0.1, 0.15) is 6.04 Å². The summed E-state index contributed by atoms with van der Waals surface area (Å²) in [5, 5.41) is 18.9. The summed E-state index contributed by atoms with van der Waals surface area (Å²) in [6.07, 6.45) is 1.21. The molecule has 1 aliphatic heterocycles. The number of carboxylic acid groups (broad SMARTS) is 1. The van der Waals surface area contributed by atoms with Crippen LogP contribution < -0.4 is 0 Å². The molecule has 0 aromatic heterocycles. The molecule has 1 amide bonds. The van der Waals surface area contributed by atoms with Gasteiger partial charge in [-0.3, -0.25) is 4.79 Å². The standard InChI is InChI=1S/C20H21NO4/c1-13-4-2-5-16(17(13)12-22)14-7-9-15(10-8-14)19(23)21-11-3-6-18(21)20(24)25/h2,4-5,7-10,18,22H,3,6,11-12H2,1H3,(H,24,25). The molecule has 1 fully saturated rings. The largest absolute Gasteiger partial charge is 0.480 e. The van der Waals surface area contributed by atoms with Crippen LogP contribution in [0.5, 0.6) is 0 Å². The molecule has 3 rings (SSSR count). The van der Waals surface area contributed by atoms with Crippen LogP contribution >= 0.6 is 0 Å². The van der Waals surface area contributed by atoms with E-state index in [0.29, 0.717) is 24.9 Å². The van der Waals surface area contributed by atoms with Crippen LogP contribution in [0.25, 0.3) is 11.1 Å². The summed E-state index contributed by atoms with van der Waals surface area (Å²) in [7, 11) is 0. The zero-order chi connectivity index (χ0) is 18.0. The Kier molecular flexibility index (Phi) is 4.86. The highest BCUT2D eigenvalue weighted by atomic mass is 16.4. The molecule has 1 heterocycles. The van der Waals surface area contributed by atoms with Crippen molar-refractivity contribution < 1.29 is 19.8 Å². The van der Waals surface area contributed by atoms with Crippen molar-refractivity contribution in [3.05, 3.63) is 59.2 Å². The van der Waals surface area contributed by atoms with Crippen molar-refractivity contribution >= 4 is 11.9 Å². The number of nitrogens with zero attached hydrogens (tertiary/aromatic N) is 1. The predicted octanol–water partition coefficient (Wildman–Crippen LogP) is 2.84. The molecule has 2 N–H and O–H groups in total. The summed E-state index contributed by atoms with van der Waals surface area (Å²) < 4.78 is 0. The zero-order valence-electron chi connectivity index (χ0n) is 14.1. The van der Waals surface area contributed by atoms with Gasteiger partial charge < -0.3 is 15.1 Å².